The van der Waals surface area contributed by atoms with E-state index in [4.69, 9.17) is 0 Å². The van der Waals surface area contributed by atoms with Crippen molar-refractivity contribution in [2.24, 2.45) is 0 Å². The van der Waals surface area contributed by atoms with Crippen molar-refractivity contribution >= 4 is 38.1 Å². The first-order valence-electron chi connectivity index (χ1n) is 14.1. The van der Waals surface area contributed by atoms with Crippen LogP contribution in [0.5, 0.6) is 0 Å². The van der Waals surface area contributed by atoms with Crippen molar-refractivity contribution < 1.29 is 12.8 Å². The third-order valence-electron chi connectivity index (χ3n) is 7.29. The quantitative estimate of drug-likeness (QED) is 0.146. The minimum absolute atomic E-state index is 0.316. The number of nitrogens with one attached hydrogen (secondary N) is 2. The zero-order chi connectivity index (χ0) is 29.5. The van der Waals surface area contributed by atoms with E-state index in [1.807, 2.05) is 6.07 Å². The number of halogens is 1. The van der Waals surface area contributed by atoms with Crippen LogP contribution in [0.15, 0.2) is 96.3 Å². The van der Waals surface area contributed by atoms with Gasteiger partial charge in [0.25, 0.3) is 10.0 Å². The molecule has 42 heavy (non-hydrogen) atoms. The first-order chi connectivity index (χ1) is 20.4. The predicted octanol–water partition coefficient (Wildman–Crippen LogP) is 6.90. The number of benzene rings is 3. The Labute approximate surface area is 246 Å². The van der Waals surface area contributed by atoms with Gasteiger partial charge in [-0.25, -0.2) is 22.8 Å². The van der Waals surface area contributed by atoms with Gasteiger partial charge in [0, 0.05) is 46.6 Å². The molecule has 2 aromatic heterocycles. The van der Waals surface area contributed by atoms with Crippen LogP contribution in [0, 0.1) is 5.82 Å². The molecule has 0 bridgehead atoms. The molecule has 0 fully saturated rings. The summed E-state index contributed by atoms with van der Waals surface area (Å²) in [5, 5.41) is 4.40. The molecule has 0 saturated carbocycles. The molecule has 2 heterocycles. The van der Waals surface area contributed by atoms with Gasteiger partial charge in [0.2, 0.25) is 0 Å². The molecular formula is C32H35FN6O2S. The fraction of sp³-hybridized carbons (Fsp3) is 0.250. The number of aromatic nitrogens is 3. The van der Waals surface area contributed by atoms with E-state index in [9.17, 15) is 12.8 Å². The van der Waals surface area contributed by atoms with E-state index in [-0.39, 0.29) is 0 Å². The maximum Gasteiger partial charge on any atom is 0.264 e. The minimum Gasteiger partial charge on any atom is -0.347 e. The summed E-state index contributed by atoms with van der Waals surface area (Å²) in [4.78, 5) is 10.9. The molecule has 0 spiro atoms. The molecule has 0 aliphatic carbocycles. The smallest absolute Gasteiger partial charge is 0.264 e. The second-order valence-electron chi connectivity index (χ2n) is 10.0. The molecule has 2 N–H and O–H groups in total. The molecule has 0 saturated heterocycles. The summed E-state index contributed by atoms with van der Waals surface area (Å²) in [7, 11) is -4.05. The molecule has 8 nitrogen and oxygen atoms in total. The third kappa shape index (κ3) is 6.95. The van der Waals surface area contributed by atoms with E-state index in [1.165, 1.54) is 36.5 Å². The molecule has 0 unspecified atom stereocenters. The lowest BCUT2D eigenvalue weighted by Gasteiger charge is -2.17. The van der Waals surface area contributed by atoms with Gasteiger partial charge in [0.15, 0.2) is 0 Å². The van der Waals surface area contributed by atoms with Gasteiger partial charge in [-0.2, -0.15) is 0 Å². The van der Waals surface area contributed by atoms with Crippen LogP contribution in [0.1, 0.15) is 26.7 Å². The normalized spacial score (nSPS) is 11.7. The lowest BCUT2D eigenvalue weighted by atomic mass is 10.1. The lowest BCUT2D eigenvalue weighted by Crippen LogP contribution is -2.24. The van der Waals surface area contributed by atoms with Gasteiger partial charge in [-0.15, -0.1) is 0 Å². The van der Waals surface area contributed by atoms with Crippen LogP contribution in [-0.2, 0) is 16.6 Å². The largest absolute Gasteiger partial charge is 0.347 e. The summed E-state index contributed by atoms with van der Waals surface area (Å²) in [6.07, 6.45) is 5.99. The Morgan fingerprint density at radius 2 is 1.64 bits per heavy atom. The summed E-state index contributed by atoms with van der Waals surface area (Å²) in [6.45, 7) is 8.75. The fourth-order valence-corrected chi connectivity index (χ4v) is 6.08. The van der Waals surface area contributed by atoms with Gasteiger partial charge < -0.3 is 14.8 Å². The Morgan fingerprint density at radius 3 is 2.40 bits per heavy atom. The highest BCUT2D eigenvalue weighted by atomic mass is 32.2. The number of rotatable bonds is 13. The van der Waals surface area contributed by atoms with Crippen molar-refractivity contribution in [2.75, 3.05) is 29.7 Å². The topological polar surface area (TPSA) is 92.2 Å². The first-order valence-corrected chi connectivity index (χ1v) is 15.6. The van der Waals surface area contributed by atoms with E-state index in [2.05, 4.69) is 73.8 Å². The van der Waals surface area contributed by atoms with Crippen molar-refractivity contribution in [1.29, 1.82) is 0 Å². The number of sulfonamides is 1. The van der Waals surface area contributed by atoms with Crippen LogP contribution in [-0.4, -0.2) is 47.5 Å². The van der Waals surface area contributed by atoms with E-state index in [0.29, 0.717) is 17.2 Å². The highest BCUT2D eigenvalue weighted by molar-refractivity contribution is 7.92. The summed E-state index contributed by atoms with van der Waals surface area (Å²) in [6, 6.07) is 22.3. The standard InChI is InChI=1S/C32H35FN6O2S/c1-3-38(4-2)18-7-8-19-39-20-17-25-21-24(11-16-30(25)39)29-22-32(35-23-34-29)36-26-12-14-27(15-13-26)37-42(40,41)31-10-6-5-9-28(31)33/h5-6,9-17,20-23,37H,3-4,7-8,18-19H2,1-2H3,(H,34,35,36). The van der Waals surface area contributed by atoms with Crippen molar-refractivity contribution in [1.82, 2.24) is 19.4 Å². The van der Waals surface area contributed by atoms with Crippen LogP contribution in [0.4, 0.5) is 21.6 Å². The van der Waals surface area contributed by atoms with Crippen LogP contribution in [0.3, 0.4) is 0 Å². The number of hydrogen-bond acceptors (Lipinski definition) is 6. The van der Waals surface area contributed by atoms with E-state index >= 15 is 0 Å². The Hall–Kier alpha value is -4.28. The van der Waals surface area contributed by atoms with Gasteiger partial charge >= 0.3 is 0 Å². The van der Waals surface area contributed by atoms with Crippen LogP contribution in [0.2, 0.25) is 0 Å². The summed E-state index contributed by atoms with van der Waals surface area (Å²) in [5.74, 6) is -0.202. The predicted molar refractivity (Wildman–Crippen MR) is 167 cm³/mol. The molecule has 0 radical (unpaired) electrons. The van der Waals surface area contributed by atoms with Crippen LogP contribution < -0.4 is 10.0 Å². The highest BCUT2D eigenvalue weighted by Gasteiger charge is 2.18. The van der Waals surface area contributed by atoms with Gasteiger partial charge in [-0.1, -0.05) is 32.0 Å². The highest BCUT2D eigenvalue weighted by Crippen LogP contribution is 2.27. The van der Waals surface area contributed by atoms with Gasteiger partial charge in [0.1, 0.15) is 22.9 Å². The molecule has 0 aliphatic rings. The van der Waals surface area contributed by atoms with E-state index in [1.54, 1.807) is 24.3 Å². The zero-order valence-corrected chi connectivity index (χ0v) is 24.6. The molecule has 3 aromatic carbocycles. The number of aryl methyl sites for hydroxylation is 1. The molecular weight excluding hydrogens is 551 g/mol. The fourth-order valence-electron chi connectivity index (χ4n) is 4.94. The average molecular weight is 587 g/mol. The van der Waals surface area contributed by atoms with Crippen molar-refractivity contribution in [3.05, 3.63) is 97.2 Å². The zero-order valence-electron chi connectivity index (χ0n) is 23.8. The van der Waals surface area contributed by atoms with Crippen LogP contribution >= 0.6 is 0 Å². The van der Waals surface area contributed by atoms with Gasteiger partial charge in [-0.3, -0.25) is 4.72 Å². The molecule has 218 valence electrons. The Balaban J connectivity index is 1.23. The minimum atomic E-state index is -4.05. The lowest BCUT2D eigenvalue weighted by molar-refractivity contribution is 0.294. The first kappa shape index (κ1) is 29.2. The summed E-state index contributed by atoms with van der Waals surface area (Å²) in [5.41, 5.74) is 4.01. The number of fused-ring (bicyclic) bond motifs is 1. The Morgan fingerprint density at radius 1 is 0.881 bits per heavy atom. The summed E-state index contributed by atoms with van der Waals surface area (Å²) >= 11 is 0. The molecule has 0 atom stereocenters. The third-order valence-corrected chi connectivity index (χ3v) is 8.70. The number of anilines is 3. The number of unbranched alkanes of at least 4 members (excludes halogenated alkanes) is 1. The second-order valence-corrected chi connectivity index (χ2v) is 11.7. The van der Waals surface area contributed by atoms with E-state index < -0.39 is 20.7 Å². The number of nitrogens with zero attached hydrogens (tertiary/aromatic N) is 4. The molecule has 0 amide bonds. The second kappa shape index (κ2) is 13.1. The average Bonchev–Trinajstić information content (AvgIpc) is 3.40. The van der Waals surface area contributed by atoms with Crippen molar-refractivity contribution in [3.63, 3.8) is 0 Å². The Bertz CT molecular complexity index is 1750. The van der Waals surface area contributed by atoms with Crippen molar-refractivity contribution in [2.45, 2.75) is 38.1 Å². The summed E-state index contributed by atoms with van der Waals surface area (Å²) < 4.78 is 43.8. The monoisotopic (exact) mass is 586 g/mol. The molecule has 5 rings (SSSR count). The van der Waals surface area contributed by atoms with Crippen molar-refractivity contribution in [3.8, 4) is 11.3 Å². The maximum atomic E-state index is 14.0. The maximum absolute atomic E-state index is 14.0. The molecule has 10 heteroatoms. The van der Waals surface area contributed by atoms with Gasteiger partial charge in [0.05, 0.1) is 5.69 Å². The SMILES string of the molecule is CCN(CC)CCCCn1ccc2cc(-c3cc(Nc4ccc(NS(=O)(=O)c5ccccc5F)cc4)ncn3)ccc21. The van der Waals surface area contributed by atoms with Gasteiger partial charge in [-0.05, 0) is 87.1 Å². The van der Waals surface area contributed by atoms with Crippen LogP contribution in [0.25, 0.3) is 22.2 Å². The van der Waals surface area contributed by atoms with E-state index in [0.717, 1.165) is 55.3 Å². The Kier molecular flexibility index (Phi) is 9.14. The molecule has 5 aromatic rings. The number of hydrogen-bond donors (Lipinski definition) is 2. The molecule has 0 aliphatic heterocycles.